The van der Waals surface area contributed by atoms with Crippen LogP contribution < -0.4 is 21.3 Å². The van der Waals surface area contributed by atoms with Crippen molar-refractivity contribution < 1.29 is 14.3 Å². The Hall–Kier alpha value is -1.99. The van der Waals surface area contributed by atoms with E-state index in [-0.39, 0.29) is 5.91 Å². The zero-order valence-corrected chi connectivity index (χ0v) is 16.7. The van der Waals surface area contributed by atoms with Crippen molar-refractivity contribution in [1.82, 2.24) is 21.3 Å². The van der Waals surface area contributed by atoms with Gasteiger partial charge < -0.3 is 26.0 Å². The number of carbonyl (C=O) groups excluding carboxylic acids is 2. The Morgan fingerprint density at radius 1 is 0.880 bits per heavy atom. The lowest BCUT2D eigenvalue weighted by Gasteiger charge is -2.20. The molecule has 25 heavy (non-hydrogen) atoms. The van der Waals surface area contributed by atoms with Gasteiger partial charge in [-0.15, -0.1) is 0 Å². The SMILES string of the molecule is CCNC(=NCCNC(=O)C(C)(C)C)NCCNC(=O)OC(C)(C)C. The number of carbonyl (C=O) groups is 2. The van der Waals surface area contributed by atoms with E-state index in [9.17, 15) is 9.59 Å². The average Bonchev–Trinajstić information content (AvgIpc) is 2.44. The van der Waals surface area contributed by atoms with E-state index in [4.69, 9.17) is 4.74 Å². The summed E-state index contributed by atoms with van der Waals surface area (Å²) in [5.74, 6) is 0.640. The Morgan fingerprint density at radius 2 is 1.48 bits per heavy atom. The second-order valence-electron chi connectivity index (χ2n) is 7.62. The second-order valence-corrected chi connectivity index (χ2v) is 7.62. The van der Waals surface area contributed by atoms with Crippen LogP contribution in [0.2, 0.25) is 0 Å². The molecule has 0 aromatic rings. The lowest BCUT2D eigenvalue weighted by Crippen LogP contribution is -2.43. The molecule has 8 heteroatoms. The molecule has 0 rings (SSSR count). The molecule has 4 N–H and O–H groups in total. The van der Waals surface area contributed by atoms with Crippen LogP contribution in [0.1, 0.15) is 48.5 Å². The third kappa shape index (κ3) is 13.0. The minimum atomic E-state index is -0.509. The van der Waals surface area contributed by atoms with Crippen LogP contribution >= 0.6 is 0 Å². The summed E-state index contributed by atoms with van der Waals surface area (Å²) in [6, 6.07) is 0. The molecule has 0 aromatic carbocycles. The summed E-state index contributed by atoms with van der Waals surface area (Å²) in [5, 5.41) is 11.7. The van der Waals surface area contributed by atoms with Crippen molar-refractivity contribution in [2.45, 2.75) is 54.1 Å². The van der Waals surface area contributed by atoms with Crippen molar-refractivity contribution in [3.8, 4) is 0 Å². The summed E-state index contributed by atoms with van der Waals surface area (Å²) in [6.45, 7) is 15.6. The predicted octanol–water partition coefficient (Wildman–Crippen LogP) is 1.23. The molecule has 0 spiro atoms. The Morgan fingerprint density at radius 3 is 2.00 bits per heavy atom. The summed E-state index contributed by atoms with van der Waals surface area (Å²) in [5.41, 5.74) is -0.912. The van der Waals surface area contributed by atoms with Crippen LogP contribution in [0.15, 0.2) is 4.99 Å². The number of alkyl carbamates (subject to hydrolysis) is 1. The molecule has 0 aliphatic rings. The minimum Gasteiger partial charge on any atom is -0.444 e. The molecule has 0 radical (unpaired) electrons. The number of aliphatic imine (C=N–C) groups is 1. The Labute approximate surface area is 151 Å². The normalized spacial score (nSPS) is 12.4. The van der Waals surface area contributed by atoms with E-state index in [0.29, 0.717) is 32.1 Å². The molecular formula is C17H35N5O3. The maximum atomic E-state index is 11.8. The van der Waals surface area contributed by atoms with E-state index in [1.165, 1.54) is 0 Å². The van der Waals surface area contributed by atoms with E-state index in [1.54, 1.807) is 0 Å². The van der Waals surface area contributed by atoms with Gasteiger partial charge in [0.25, 0.3) is 0 Å². The van der Waals surface area contributed by atoms with Crippen LogP contribution in [0.3, 0.4) is 0 Å². The van der Waals surface area contributed by atoms with Gasteiger partial charge in [-0.3, -0.25) is 9.79 Å². The second kappa shape index (κ2) is 10.8. The van der Waals surface area contributed by atoms with E-state index < -0.39 is 17.1 Å². The molecule has 0 aliphatic carbocycles. The van der Waals surface area contributed by atoms with Gasteiger partial charge in [0.1, 0.15) is 5.60 Å². The van der Waals surface area contributed by atoms with Gasteiger partial charge in [-0.2, -0.15) is 0 Å². The predicted molar refractivity (Wildman–Crippen MR) is 101 cm³/mol. The molecule has 0 saturated carbocycles. The smallest absolute Gasteiger partial charge is 0.407 e. The number of rotatable bonds is 7. The molecule has 0 heterocycles. The summed E-state index contributed by atoms with van der Waals surface area (Å²) in [6.07, 6.45) is -0.443. The van der Waals surface area contributed by atoms with Gasteiger partial charge in [0.2, 0.25) is 5.91 Å². The highest BCUT2D eigenvalue weighted by atomic mass is 16.6. The lowest BCUT2D eigenvalue weighted by atomic mass is 9.96. The van der Waals surface area contributed by atoms with Gasteiger partial charge >= 0.3 is 6.09 Å². The molecule has 0 bridgehead atoms. The highest BCUT2D eigenvalue weighted by Crippen LogP contribution is 2.11. The van der Waals surface area contributed by atoms with E-state index in [0.717, 1.165) is 6.54 Å². The molecular weight excluding hydrogens is 322 g/mol. The first-order valence-corrected chi connectivity index (χ1v) is 8.73. The van der Waals surface area contributed by atoms with Crippen molar-refractivity contribution in [2.24, 2.45) is 10.4 Å². The van der Waals surface area contributed by atoms with Crippen LogP contribution in [0.4, 0.5) is 4.79 Å². The van der Waals surface area contributed by atoms with Crippen molar-refractivity contribution in [3.63, 3.8) is 0 Å². The van der Waals surface area contributed by atoms with Gasteiger partial charge in [0.15, 0.2) is 5.96 Å². The molecule has 2 amide bonds. The van der Waals surface area contributed by atoms with E-state index in [2.05, 4.69) is 26.3 Å². The molecule has 0 aliphatic heterocycles. The van der Waals surface area contributed by atoms with Gasteiger partial charge in [0, 0.05) is 31.6 Å². The highest BCUT2D eigenvalue weighted by molar-refractivity contribution is 5.81. The molecule has 0 saturated heterocycles. The van der Waals surface area contributed by atoms with Crippen LogP contribution in [0.5, 0.6) is 0 Å². The Kier molecular flexibility index (Phi) is 9.93. The monoisotopic (exact) mass is 357 g/mol. The summed E-state index contributed by atoms with van der Waals surface area (Å²) in [7, 11) is 0. The standard InChI is InChI=1S/C17H35N5O3/c1-8-18-14(20-10-9-19-13(23)16(2,3)4)21-11-12-22-15(24)25-17(5,6)7/h8-12H2,1-7H3,(H,19,23)(H,22,24)(H2,18,20,21). The van der Waals surface area contributed by atoms with Crippen molar-refractivity contribution in [1.29, 1.82) is 0 Å². The van der Waals surface area contributed by atoms with Gasteiger partial charge in [-0.05, 0) is 27.7 Å². The highest BCUT2D eigenvalue weighted by Gasteiger charge is 2.20. The number of hydrogen-bond donors (Lipinski definition) is 4. The fraction of sp³-hybridized carbons (Fsp3) is 0.824. The summed E-state index contributed by atoms with van der Waals surface area (Å²) in [4.78, 5) is 27.7. The third-order valence-electron chi connectivity index (χ3n) is 2.78. The van der Waals surface area contributed by atoms with Gasteiger partial charge in [-0.1, -0.05) is 20.8 Å². The number of nitrogens with zero attached hydrogens (tertiary/aromatic N) is 1. The lowest BCUT2D eigenvalue weighted by molar-refractivity contribution is -0.128. The molecule has 0 atom stereocenters. The fourth-order valence-electron chi connectivity index (χ4n) is 1.60. The number of guanidine groups is 1. The van der Waals surface area contributed by atoms with Crippen molar-refractivity contribution in [3.05, 3.63) is 0 Å². The zero-order chi connectivity index (χ0) is 19.5. The molecule has 8 nitrogen and oxygen atoms in total. The largest absolute Gasteiger partial charge is 0.444 e. The van der Waals surface area contributed by atoms with Crippen LogP contribution in [-0.4, -0.2) is 56.3 Å². The van der Waals surface area contributed by atoms with E-state index >= 15 is 0 Å². The summed E-state index contributed by atoms with van der Waals surface area (Å²) >= 11 is 0. The third-order valence-corrected chi connectivity index (χ3v) is 2.78. The number of hydrogen-bond acceptors (Lipinski definition) is 4. The van der Waals surface area contributed by atoms with Crippen LogP contribution in [0.25, 0.3) is 0 Å². The minimum absolute atomic E-state index is 0.00206. The molecule has 0 unspecified atom stereocenters. The Bertz CT molecular complexity index is 450. The maximum Gasteiger partial charge on any atom is 0.407 e. The van der Waals surface area contributed by atoms with E-state index in [1.807, 2.05) is 48.5 Å². The van der Waals surface area contributed by atoms with Crippen LogP contribution in [0, 0.1) is 5.41 Å². The fourth-order valence-corrected chi connectivity index (χ4v) is 1.60. The topological polar surface area (TPSA) is 104 Å². The van der Waals surface area contributed by atoms with Crippen molar-refractivity contribution in [2.75, 3.05) is 32.7 Å². The molecule has 0 aromatic heterocycles. The van der Waals surface area contributed by atoms with Crippen LogP contribution in [-0.2, 0) is 9.53 Å². The maximum absolute atomic E-state index is 11.8. The number of ether oxygens (including phenoxy) is 1. The molecule has 146 valence electrons. The number of amides is 2. The van der Waals surface area contributed by atoms with Crippen molar-refractivity contribution >= 4 is 18.0 Å². The van der Waals surface area contributed by atoms with Gasteiger partial charge in [0.05, 0.1) is 6.54 Å². The average molecular weight is 357 g/mol. The first-order chi connectivity index (χ1) is 11.5. The summed E-state index contributed by atoms with van der Waals surface area (Å²) < 4.78 is 5.16. The van der Waals surface area contributed by atoms with Gasteiger partial charge in [-0.25, -0.2) is 4.79 Å². The first-order valence-electron chi connectivity index (χ1n) is 8.73. The molecule has 0 fully saturated rings. The quantitative estimate of drug-likeness (QED) is 0.312. The number of nitrogens with one attached hydrogen (secondary N) is 4. The Balaban J connectivity index is 4.12. The zero-order valence-electron chi connectivity index (χ0n) is 16.7. The first kappa shape index (κ1) is 23.0.